The van der Waals surface area contributed by atoms with Crippen molar-refractivity contribution in [1.29, 1.82) is 0 Å². The first kappa shape index (κ1) is 14.6. The number of para-hydroxylation sites is 1. The quantitative estimate of drug-likeness (QED) is 0.746. The zero-order valence-corrected chi connectivity index (χ0v) is 13.4. The van der Waals surface area contributed by atoms with Crippen LogP contribution in [0.25, 0.3) is 11.5 Å². The Kier molecular flexibility index (Phi) is 3.82. The first-order valence-corrected chi connectivity index (χ1v) is 8.05. The number of nitrogens with one attached hydrogen (secondary N) is 2. The van der Waals surface area contributed by atoms with Crippen molar-refractivity contribution in [3.05, 3.63) is 48.1 Å². The minimum atomic E-state index is 0.344. The Bertz CT molecular complexity index is 829. The maximum atomic E-state index is 5.40. The molecule has 0 saturated carbocycles. The first-order valence-electron chi connectivity index (χ1n) is 8.05. The number of hydrogen-bond acceptors (Lipinski definition) is 7. The predicted octanol–water partition coefficient (Wildman–Crippen LogP) is 2.71. The summed E-state index contributed by atoms with van der Waals surface area (Å²) in [5.41, 5.74) is 3.09. The van der Waals surface area contributed by atoms with Gasteiger partial charge in [0.2, 0.25) is 11.7 Å². The first-order chi connectivity index (χ1) is 11.8. The molecule has 2 aromatic heterocycles. The molecule has 3 heterocycles. The molecule has 0 fully saturated rings. The topological polar surface area (TPSA) is 88.8 Å². The van der Waals surface area contributed by atoms with Gasteiger partial charge >= 0.3 is 0 Å². The molecule has 0 amide bonds. The van der Waals surface area contributed by atoms with Crippen LogP contribution in [0, 0.1) is 0 Å². The molecule has 0 saturated heterocycles. The van der Waals surface area contributed by atoms with Crippen molar-refractivity contribution < 1.29 is 4.52 Å². The highest BCUT2D eigenvalue weighted by atomic mass is 16.5. The minimum Gasteiger partial charge on any atom is -0.384 e. The van der Waals surface area contributed by atoms with E-state index < -0.39 is 0 Å². The monoisotopic (exact) mass is 322 g/mol. The normalized spacial score (nSPS) is 15.8. The second-order valence-electron chi connectivity index (χ2n) is 5.70. The molecule has 1 aromatic carbocycles. The molecule has 0 radical (unpaired) electrons. The molecule has 7 heteroatoms. The molecule has 0 spiro atoms. The molecule has 7 nitrogen and oxygen atoms in total. The Balaban J connectivity index is 1.49. The molecular weight excluding hydrogens is 304 g/mol. The van der Waals surface area contributed by atoms with Gasteiger partial charge in [-0.3, -0.25) is 0 Å². The van der Waals surface area contributed by atoms with Gasteiger partial charge in [-0.2, -0.15) is 4.98 Å². The lowest BCUT2D eigenvalue weighted by atomic mass is 9.98. The summed E-state index contributed by atoms with van der Waals surface area (Å²) in [5.74, 6) is 2.17. The predicted molar refractivity (Wildman–Crippen MR) is 90.9 cm³/mol. The van der Waals surface area contributed by atoms with Crippen LogP contribution in [0.15, 0.2) is 41.2 Å². The Morgan fingerprint density at radius 2 is 2.17 bits per heavy atom. The third kappa shape index (κ3) is 2.80. The summed E-state index contributed by atoms with van der Waals surface area (Å²) in [6, 6.07) is 8.33. The van der Waals surface area contributed by atoms with Crippen LogP contribution in [-0.4, -0.2) is 33.2 Å². The number of fused-ring (bicyclic) bond motifs is 1. The van der Waals surface area contributed by atoms with Crippen LogP contribution in [0.3, 0.4) is 0 Å². The molecule has 122 valence electrons. The summed E-state index contributed by atoms with van der Waals surface area (Å²) in [6.45, 7) is 3.70. The summed E-state index contributed by atoms with van der Waals surface area (Å²) in [5, 5.41) is 10.5. The van der Waals surface area contributed by atoms with Crippen LogP contribution >= 0.6 is 0 Å². The summed E-state index contributed by atoms with van der Waals surface area (Å²) >= 11 is 0. The largest absolute Gasteiger partial charge is 0.384 e. The van der Waals surface area contributed by atoms with E-state index >= 15 is 0 Å². The minimum absolute atomic E-state index is 0.344. The van der Waals surface area contributed by atoms with Crippen molar-refractivity contribution in [3.63, 3.8) is 0 Å². The van der Waals surface area contributed by atoms with Crippen molar-refractivity contribution in [2.45, 2.75) is 19.3 Å². The van der Waals surface area contributed by atoms with Crippen LogP contribution in [0.2, 0.25) is 0 Å². The number of nitrogens with zero attached hydrogens (tertiary/aromatic N) is 4. The lowest BCUT2D eigenvalue weighted by Crippen LogP contribution is -2.05. The molecule has 1 aliphatic heterocycles. The summed E-state index contributed by atoms with van der Waals surface area (Å²) < 4.78 is 5.40. The van der Waals surface area contributed by atoms with E-state index in [1.807, 2.05) is 13.0 Å². The SMILES string of the molecule is CCNc1cnc(-c2noc(CC3CNc4ccccc43)n2)cn1. The van der Waals surface area contributed by atoms with Gasteiger partial charge in [0.05, 0.1) is 12.4 Å². The summed E-state index contributed by atoms with van der Waals surface area (Å²) in [7, 11) is 0. The van der Waals surface area contributed by atoms with E-state index in [0.29, 0.717) is 29.7 Å². The zero-order valence-electron chi connectivity index (χ0n) is 13.4. The second kappa shape index (κ2) is 6.27. The van der Waals surface area contributed by atoms with Gasteiger partial charge in [-0.25, -0.2) is 9.97 Å². The van der Waals surface area contributed by atoms with Gasteiger partial charge in [-0.05, 0) is 18.6 Å². The van der Waals surface area contributed by atoms with E-state index in [0.717, 1.165) is 18.9 Å². The second-order valence-corrected chi connectivity index (χ2v) is 5.70. The highest BCUT2D eigenvalue weighted by Crippen LogP contribution is 2.33. The molecule has 1 atom stereocenters. The van der Waals surface area contributed by atoms with E-state index in [1.165, 1.54) is 11.3 Å². The molecule has 4 rings (SSSR count). The average molecular weight is 322 g/mol. The van der Waals surface area contributed by atoms with E-state index in [1.54, 1.807) is 12.4 Å². The van der Waals surface area contributed by atoms with E-state index in [9.17, 15) is 0 Å². The summed E-state index contributed by atoms with van der Waals surface area (Å²) in [4.78, 5) is 13.1. The fourth-order valence-corrected chi connectivity index (χ4v) is 2.91. The van der Waals surface area contributed by atoms with Crippen LogP contribution in [-0.2, 0) is 6.42 Å². The number of hydrogen-bond donors (Lipinski definition) is 2. The Morgan fingerprint density at radius 1 is 1.25 bits per heavy atom. The van der Waals surface area contributed by atoms with Gasteiger partial charge in [0.15, 0.2) is 0 Å². The third-order valence-corrected chi connectivity index (χ3v) is 4.07. The van der Waals surface area contributed by atoms with Gasteiger partial charge in [0, 0.05) is 31.1 Å². The van der Waals surface area contributed by atoms with Crippen LogP contribution in [0.4, 0.5) is 11.5 Å². The lowest BCUT2D eigenvalue weighted by molar-refractivity contribution is 0.372. The third-order valence-electron chi connectivity index (χ3n) is 4.07. The average Bonchev–Trinajstić information content (AvgIpc) is 3.24. The smallest absolute Gasteiger partial charge is 0.227 e. The zero-order chi connectivity index (χ0) is 16.4. The Hall–Kier alpha value is -2.96. The summed E-state index contributed by atoms with van der Waals surface area (Å²) in [6.07, 6.45) is 4.03. The van der Waals surface area contributed by atoms with Crippen molar-refractivity contribution in [2.24, 2.45) is 0 Å². The highest BCUT2D eigenvalue weighted by molar-refractivity contribution is 5.57. The van der Waals surface area contributed by atoms with Crippen molar-refractivity contribution >= 4 is 11.5 Å². The molecule has 2 N–H and O–H groups in total. The number of rotatable bonds is 5. The van der Waals surface area contributed by atoms with E-state index in [2.05, 4.69) is 48.9 Å². The van der Waals surface area contributed by atoms with Crippen molar-refractivity contribution in [1.82, 2.24) is 20.1 Å². The van der Waals surface area contributed by atoms with Gasteiger partial charge in [-0.15, -0.1) is 0 Å². The van der Waals surface area contributed by atoms with Gasteiger partial charge in [-0.1, -0.05) is 23.4 Å². The Morgan fingerprint density at radius 3 is 3.00 bits per heavy atom. The number of benzene rings is 1. The standard InChI is InChI=1S/C17H18N6O/c1-2-18-15-10-20-14(9-21-15)17-22-16(24-23-17)7-11-8-19-13-6-4-3-5-12(11)13/h3-6,9-11,19H,2,7-8H2,1H3,(H,18,21). The molecule has 0 bridgehead atoms. The number of aromatic nitrogens is 4. The van der Waals surface area contributed by atoms with Crippen LogP contribution in [0.5, 0.6) is 0 Å². The Labute approximate surface area is 139 Å². The fourth-order valence-electron chi connectivity index (χ4n) is 2.91. The maximum Gasteiger partial charge on any atom is 0.227 e. The van der Waals surface area contributed by atoms with E-state index in [4.69, 9.17) is 4.52 Å². The van der Waals surface area contributed by atoms with Gasteiger partial charge in [0.25, 0.3) is 0 Å². The van der Waals surface area contributed by atoms with Gasteiger partial charge in [0.1, 0.15) is 11.5 Å². The fraction of sp³-hybridized carbons (Fsp3) is 0.294. The van der Waals surface area contributed by atoms with Crippen LogP contribution < -0.4 is 10.6 Å². The molecular formula is C17H18N6O. The van der Waals surface area contributed by atoms with Crippen molar-refractivity contribution in [3.8, 4) is 11.5 Å². The maximum absolute atomic E-state index is 5.40. The van der Waals surface area contributed by atoms with Crippen molar-refractivity contribution in [2.75, 3.05) is 23.7 Å². The molecule has 1 unspecified atom stereocenters. The molecule has 0 aliphatic carbocycles. The molecule has 1 aliphatic rings. The van der Waals surface area contributed by atoms with Crippen LogP contribution in [0.1, 0.15) is 24.3 Å². The lowest BCUT2D eigenvalue weighted by Gasteiger charge is -2.05. The molecule has 24 heavy (non-hydrogen) atoms. The highest BCUT2D eigenvalue weighted by Gasteiger charge is 2.24. The molecule has 3 aromatic rings. The number of anilines is 2. The van der Waals surface area contributed by atoms with Gasteiger partial charge < -0.3 is 15.2 Å². The van der Waals surface area contributed by atoms with E-state index in [-0.39, 0.29) is 0 Å².